The van der Waals surface area contributed by atoms with Crippen LogP contribution in [0.15, 0.2) is 24.5 Å². The molecule has 0 saturated carbocycles. The monoisotopic (exact) mass is 236 g/mol. The first kappa shape index (κ1) is 11.9. The highest BCUT2D eigenvalue weighted by Crippen LogP contribution is 2.28. The molecule has 0 amide bonds. The summed E-state index contributed by atoms with van der Waals surface area (Å²) in [4.78, 5) is 0. The number of nitrogens with zero attached hydrogens (tertiary/aromatic N) is 1. The van der Waals surface area contributed by atoms with Crippen LogP contribution in [0.3, 0.4) is 0 Å². The molecule has 2 rings (SSSR count). The summed E-state index contributed by atoms with van der Waals surface area (Å²) in [6, 6.07) is 3.46. The molecule has 0 aliphatic rings. The number of hydrogen-bond donors (Lipinski definition) is 1. The van der Waals surface area contributed by atoms with Gasteiger partial charge in [-0.2, -0.15) is 0 Å². The predicted molar refractivity (Wildman–Crippen MR) is 65.9 cm³/mol. The van der Waals surface area contributed by atoms with Crippen molar-refractivity contribution in [1.29, 1.82) is 0 Å². The van der Waals surface area contributed by atoms with Crippen molar-refractivity contribution in [3.63, 3.8) is 0 Å². The number of nitrogens with two attached hydrogens (primary N) is 1. The number of pyridine rings is 1. The summed E-state index contributed by atoms with van der Waals surface area (Å²) >= 11 is 0. The van der Waals surface area contributed by atoms with Crippen LogP contribution in [0.2, 0.25) is 0 Å². The Morgan fingerprint density at radius 2 is 2.12 bits per heavy atom. The van der Waals surface area contributed by atoms with Crippen molar-refractivity contribution in [2.24, 2.45) is 5.73 Å². The van der Waals surface area contributed by atoms with Crippen LogP contribution >= 0.6 is 0 Å². The predicted octanol–water partition coefficient (Wildman–Crippen LogP) is 2.37. The van der Waals surface area contributed by atoms with Crippen molar-refractivity contribution in [2.75, 3.05) is 7.11 Å². The normalized spacial score (nSPS) is 12.9. The molecule has 0 aromatic carbocycles. The van der Waals surface area contributed by atoms with Crippen LogP contribution in [0.4, 0.5) is 4.39 Å². The maximum atomic E-state index is 13.6. The van der Waals surface area contributed by atoms with E-state index in [1.54, 1.807) is 6.20 Å². The zero-order valence-corrected chi connectivity index (χ0v) is 10.1. The van der Waals surface area contributed by atoms with Gasteiger partial charge in [0, 0.05) is 18.4 Å². The molecule has 2 aromatic rings. The zero-order valence-electron chi connectivity index (χ0n) is 10.1. The van der Waals surface area contributed by atoms with E-state index in [1.165, 1.54) is 13.2 Å². The van der Waals surface area contributed by atoms with Gasteiger partial charge in [-0.3, -0.25) is 0 Å². The second-order valence-electron chi connectivity index (χ2n) is 4.17. The van der Waals surface area contributed by atoms with Gasteiger partial charge in [0.2, 0.25) is 0 Å². The van der Waals surface area contributed by atoms with Crippen molar-refractivity contribution in [1.82, 2.24) is 4.40 Å². The van der Waals surface area contributed by atoms with Gasteiger partial charge in [0.1, 0.15) is 0 Å². The Kier molecular flexibility index (Phi) is 3.33. The van der Waals surface area contributed by atoms with E-state index in [0.29, 0.717) is 0 Å². The van der Waals surface area contributed by atoms with E-state index in [1.807, 2.05) is 23.6 Å². The lowest BCUT2D eigenvalue weighted by molar-refractivity contribution is 0.389. The quantitative estimate of drug-likeness (QED) is 0.885. The highest BCUT2D eigenvalue weighted by atomic mass is 19.1. The average molecular weight is 236 g/mol. The Morgan fingerprint density at radius 3 is 2.76 bits per heavy atom. The first-order chi connectivity index (χ1) is 8.17. The molecular weight excluding hydrogens is 219 g/mol. The molecule has 0 fully saturated rings. The van der Waals surface area contributed by atoms with E-state index < -0.39 is 0 Å². The molecule has 2 N–H and O–H groups in total. The minimum absolute atomic E-state index is 0.0918. The molecule has 17 heavy (non-hydrogen) atoms. The summed E-state index contributed by atoms with van der Waals surface area (Å²) in [6.07, 6.45) is 5.21. The molecule has 0 saturated heterocycles. The maximum absolute atomic E-state index is 13.6. The van der Waals surface area contributed by atoms with E-state index >= 15 is 0 Å². The van der Waals surface area contributed by atoms with E-state index in [0.717, 1.165) is 23.9 Å². The minimum Gasteiger partial charge on any atom is -0.492 e. The van der Waals surface area contributed by atoms with Gasteiger partial charge in [0.05, 0.1) is 12.6 Å². The molecule has 2 heterocycles. The molecule has 2 aromatic heterocycles. The second kappa shape index (κ2) is 4.75. The molecule has 0 bridgehead atoms. The van der Waals surface area contributed by atoms with Crippen LogP contribution in [0.25, 0.3) is 5.52 Å². The SMILES string of the molecule is CCC(N)Cc1ccn2ccc(F)c(OC)c12. The van der Waals surface area contributed by atoms with E-state index in [9.17, 15) is 4.39 Å². The van der Waals surface area contributed by atoms with Crippen LogP contribution in [-0.2, 0) is 6.42 Å². The van der Waals surface area contributed by atoms with Crippen LogP contribution in [-0.4, -0.2) is 17.6 Å². The van der Waals surface area contributed by atoms with E-state index in [4.69, 9.17) is 10.5 Å². The van der Waals surface area contributed by atoms with Crippen molar-refractivity contribution in [3.8, 4) is 5.75 Å². The summed E-state index contributed by atoms with van der Waals surface area (Å²) in [5.74, 6) is -0.0548. The maximum Gasteiger partial charge on any atom is 0.178 e. The van der Waals surface area contributed by atoms with Crippen molar-refractivity contribution in [3.05, 3.63) is 35.9 Å². The topological polar surface area (TPSA) is 39.7 Å². The fourth-order valence-corrected chi connectivity index (χ4v) is 2.00. The molecule has 3 nitrogen and oxygen atoms in total. The third-order valence-corrected chi connectivity index (χ3v) is 3.02. The third kappa shape index (κ3) is 2.13. The van der Waals surface area contributed by atoms with Crippen LogP contribution in [0.5, 0.6) is 5.75 Å². The molecule has 0 aliphatic carbocycles. The van der Waals surface area contributed by atoms with E-state index in [2.05, 4.69) is 0 Å². The first-order valence-corrected chi connectivity index (χ1v) is 5.75. The van der Waals surface area contributed by atoms with Crippen molar-refractivity contribution in [2.45, 2.75) is 25.8 Å². The highest BCUT2D eigenvalue weighted by Gasteiger charge is 2.14. The molecule has 92 valence electrons. The van der Waals surface area contributed by atoms with Gasteiger partial charge >= 0.3 is 0 Å². The summed E-state index contributed by atoms with van der Waals surface area (Å²) in [6.45, 7) is 2.04. The highest BCUT2D eigenvalue weighted by molar-refractivity contribution is 5.67. The number of aromatic nitrogens is 1. The molecule has 1 unspecified atom stereocenters. The zero-order chi connectivity index (χ0) is 12.4. The van der Waals surface area contributed by atoms with Gasteiger partial charge in [-0.05, 0) is 30.5 Å². The molecule has 1 atom stereocenters. The number of ether oxygens (including phenoxy) is 1. The largest absolute Gasteiger partial charge is 0.492 e. The molecule has 0 spiro atoms. The molecule has 0 aliphatic heterocycles. The first-order valence-electron chi connectivity index (χ1n) is 5.75. The second-order valence-corrected chi connectivity index (χ2v) is 4.17. The van der Waals surface area contributed by atoms with Gasteiger partial charge in [-0.25, -0.2) is 4.39 Å². The lowest BCUT2D eigenvalue weighted by Crippen LogP contribution is -2.21. The molecule has 0 radical (unpaired) electrons. The van der Waals surface area contributed by atoms with Crippen LogP contribution in [0.1, 0.15) is 18.9 Å². The third-order valence-electron chi connectivity index (χ3n) is 3.02. The fourth-order valence-electron chi connectivity index (χ4n) is 2.00. The van der Waals surface area contributed by atoms with Crippen molar-refractivity contribution < 1.29 is 9.13 Å². The fraction of sp³-hybridized carbons (Fsp3) is 0.385. The van der Waals surface area contributed by atoms with Gasteiger partial charge < -0.3 is 14.9 Å². The Morgan fingerprint density at radius 1 is 1.41 bits per heavy atom. The smallest absolute Gasteiger partial charge is 0.178 e. The lowest BCUT2D eigenvalue weighted by atomic mass is 10.1. The Balaban J connectivity index is 2.53. The standard InChI is InChI=1S/C13H17FN2O/c1-3-10(15)8-9-4-6-16-7-5-11(14)13(17-2)12(9)16/h4-7,10H,3,8,15H2,1-2H3. The summed E-state index contributed by atoms with van der Waals surface area (Å²) in [7, 11) is 1.48. The lowest BCUT2D eigenvalue weighted by Gasteiger charge is -2.10. The Bertz CT molecular complexity index is 521. The van der Waals surface area contributed by atoms with Gasteiger partial charge in [-0.15, -0.1) is 0 Å². The van der Waals surface area contributed by atoms with Crippen LogP contribution in [0, 0.1) is 5.82 Å². The molecular formula is C13H17FN2O. The Labute approximate surface area is 100.0 Å². The summed E-state index contributed by atoms with van der Waals surface area (Å²) in [5.41, 5.74) is 7.74. The summed E-state index contributed by atoms with van der Waals surface area (Å²) < 4.78 is 20.6. The molecule has 4 heteroatoms. The number of halogens is 1. The number of hydrogen-bond acceptors (Lipinski definition) is 2. The Hall–Kier alpha value is -1.55. The number of methoxy groups -OCH3 is 1. The van der Waals surface area contributed by atoms with Crippen molar-refractivity contribution >= 4 is 5.52 Å². The average Bonchev–Trinajstić information content (AvgIpc) is 2.72. The van der Waals surface area contributed by atoms with Gasteiger partial charge in [0.25, 0.3) is 0 Å². The van der Waals surface area contributed by atoms with Crippen LogP contribution < -0.4 is 10.5 Å². The number of rotatable bonds is 4. The van der Waals surface area contributed by atoms with Gasteiger partial charge in [0.15, 0.2) is 11.6 Å². The number of fused-ring (bicyclic) bond motifs is 1. The minimum atomic E-state index is -0.343. The van der Waals surface area contributed by atoms with Gasteiger partial charge in [-0.1, -0.05) is 6.92 Å². The van der Waals surface area contributed by atoms with E-state index in [-0.39, 0.29) is 17.6 Å². The summed E-state index contributed by atoms with van der Waals surface area (Å²) in [5, 5.41) is 0.